The second-order valence-electron chi connectivity index (χ2n) is 7.14. The molecule has 1 saturated heterocycles. The Morgan fingerprint density at radius 2 is 1.85 bits per heavy atom. The number of hydrogen-bond acceptors (Lipinski definition) is 6. The third-order valence-electron chi connectivity index (χ3n) is 5.12. The minimum absolute atomic E-state index is 0.461. The zero-order valence-corrected chi connectivity index (χ0v) is 15.7. The van der Waals surface area contributed by atoms with Crippen molar-refractivity contribution in [2.45, 2.75) is 36.6 Å². The molecule has 1 aromatic rings. The van der Waals surface area contributed by atoms with Crippen LogP contribution >= 0.6 is 0 Å². The van der Waals surface area contributed by atoms with Gasteiger partial charge in [-0.05, 0) is 50.8 Å². The molecule has 27 heavy (non-hydrogen) atoms. The summed E-state index contributed by atoms with van der Waals surface area (Å²) in [7, 11) is -4.31. The van der Waals surface area contributed by atoms with Gasteiger partial charge in [0.2, 0.25) is 0 Å². The fourth-order valence-electron chi connectivity index (χ4n) is 3.55. The molecular weight excluding hydrogens is 374 g/mol. The fraction of sp³-hybridized carbons (Fsp3) is 0.588. The number of nitrogens with zero attached hydrogens (tertiary/aromatic N) is 3. The van der Waals surface area contributed by atoms with E-state index in [0.29, 0.717) is 25.9 Å². The molecule has 1 N–H and O–H groups in total. The monoisotopic (exact) mass is 397 g/mol. The second kappa shape index (κ2) is 7.91. The molecule has 9 nitrogen and oxygen atoms in total. The smallest absolute Gasteiger partial charge is 0.318 e. The van der Waals surface area contributed by atoms with E-state index < -0.39 is 44.1 Å². The topological polar surface area (TPSA) is 121 Å². The predicted molar refractivity (Wildman–Crippen MR) is 96.8 cm³/mol. The van der Waals surface area contributed by atoms with E-state index in [-0.39, 0.29) is 0 Å². The number of nitro groups is 1. The maximum absolute atomic E-state index is 13.1. The molecule has 0 amide bonds. The average molecular weight is 397 g/mol. The van der Waals surface area contributed by atoms with E-state index in [1.54, 1.807) is 0 Å². The number of para-hydroxylation sites is 1. The summed E-state index contributed by atoms with van der Waals surface area (Å²) in [5.74, 6) is -0.551. The molecule has 10 heteroatoms. The summed E-state index contributed by atoms with van der Waals surface area (Å²) in [6, 6.07) is 4.57. The molecule has 148 valence electrons. The highest BCUT2D eigenvalue weighted by molar-refractivity contribution is 7.89. The SMILES string of the molecule is O=C(O)CN(C1CCN(CC2CC2)CC1)S(=O)(=O)c1ccccc1[N+](=O)[O-]. The summed E-state index contributed by atoms with van der Waals surface area (Å²) in [5, 5.41) is 20.5. The largest absolute Gasteiger partial charge is 0.480 e. The van der Waals surface area contributed by atoms with Crippen LogP contribution in [0.4, 0.5) is 5.69 Å². The van der Waals surface area contributed by atoms with Crippen LogP contribution in [0, 0.1) is 16.0 Å². The summed E-state index contributed by atoms with van der Waals surface area (Å²) in [4.78, 5) is 23.6. The van der Waals surface area contributed by atoms with Gasteiger partial charge in [-0.25, -0.2) is 8.42 Å². The van der Waals surface area contributed by atoms with Gasteiger partial charge in [-0.3, -0.25) is 14.9 Å². The highest BCUT2D eigenvalue weighted by atomic mass is 32.2. The number of benzene rings is 1. The summed E-state index contributed by atoms with van der Waals surface area (Å²) in [6.07, 6.45) is 3.49. The molecule has 1 aliphatic carbocycles. The van der Waals surface area contributed by atoms with Crippen molar-refractivity contribution in [3.8, 4) is 0 Å². The van der Waals surface area contributed by atoms with Crippen LogP contribution in [-0.2, 0) is 14.8 Å². The Labute approximate surface area is 157 Å². The maximum atomic E-state index is 13.1. The molecule has 1 heterocycles. The highest BCUT2D eigenvalue weighted by Crippen LogP contribution is 2.33. The molecule has 0 radical (unpaired) electrons. The molecule has 0 bridgehead atoms. The number of hydrogen-bond donors (Lipinski definition) is 1. The van der Waals surface area contributed by atoms with Crippen LogP contribution in [0.1, 0.15) is 25.7 Å². The summed E-state index contributed by atoms with van der Waals surface area (Å²) < 4.78 is 27.1. The Kier molecular flexibility index (Phi) is 5.78. The Hall–Kier alpha value is -2.04. The third kappa shape index (κ3) is 4.63. The second-order valence-corrected chi connectivity index (χ2v) is 9.00. The molecule has 2 fully saturated rings. The number of carboxylic acids is 1. The van der Waals surface area contributed by atoms with Crippen LogP contribution in [0.3, 0.4) is 0 Å². The standard InChI is InChI=1S/C17H23N3O6S/c21-17(22)12-19(14-7-9-18(10-8-14)11-13-5-6-13)27(25,26)16-4-2-1-3-15(16)20(23)24/h1-4,13-14H,5-12H2,(H,21,22). The van der Waals surface area contributed by atoms with E-state index in [1.165, 1.54) is 25.0 Å². The van der Waals surface area contributed by atoms with E-state index in [0.717, 1.165) is 28.9 Å². The minimum atomic E-state index is -4.31. The maximum Gasteiger partial charge on any atom is 0.318 e. The zero-order valence-electron chi connectivity index (χ0n) is 14.9. The van der Waals surface area contributed by atoms with Crippen LogP contribution in [0.5, 0.6) is 0 Å². The van der Waals surface area contributed by atoms with E-state index in [2.05, 4.69) is 4.90 Å². The number of sulfonamides is 1. The third-order valence-corrected chi connectivity index (χ3v) is 7.06. The number of carboxylic acid groups (broad SMARTS) is 1. The Balaban J connectivity index is 1.83. The summed E-state index contributed by atoms with van der Waals surface area (Å²) in [6.45, 7) is 1.69. The van der Waals surface area contributed by atoms with Gasteiger partial charge in [-0.2, -0.15) is 4.31 Å². The normalized spacial score (nSPS) is 19.3. The van der Waals surface area contributed by atoms with Crippen LogP contribution < -0.4 is 0 Å². The van der Waals surface area contributed by atoms with Gasteiger partial charge < -0.3 is 10.0 Å². The predicted octanol–water partition coefficient (Wildman–Crippen LogP) is 1.54. The number of nitro benzene ring substituents is 1. The quantitative estimate of drug-likeness (QED) is 0.522. The van der Waals surface area contributed by atoms with Crippen molar-refractivity contribution in [3.63, 3.8) is 0 Å². The van der Waals surface area contributed by atoms with Crippen molar-refractivity contribution in [2.75, 3.05) is 26.2 Å². The van der Waals surface area contributed by atoms with Gasteiger partial charge in [0.05, 0.1) is 4.92 Å². The highest BCUT2D eigenvalue weighted by Gasteiger charge is 2.39. The Morgan fingerprint density at radius 1 is 1.22 bits per heavy atom. The lowest BCUT2D eigenvalue weighted by Crippen LogP contribution is -2.49. The molecule has 2 aliphatic rings. The number of likely N-dealkylation sites (tertiary alicyclic amines) is 1. The number of carbonyl (C=O) groups is 1. The van der Waals surface area contributed by atoms with E-state index in [9.17, 15) is 28.4 Å². The van der Waals surface area contributed by atoms with E-state index in [4.69, 9.17) is 0 Å². The average Bonchev–Trinajstić information content (AvgIpc) is 3.44. The lowest BCUT2D eigenvalue weighted by molar-refractivity contribution is -0.387. The number of rotatable bonds is 8. The van der Waals surface area contributed by atoms with Crippen LogP contribution in [0.2, 0.25) is 0 Å². The van der Waals surface area contributed by atoms with Crippen molar-refractivity contribution < 1.29 is 23.2 Å². The van der Waals surface area contributed by atoms with E-state index >= 15 is 0 Å². The van der Waals surface area contributed by atoms with Gasteiger partial charge in [-0.1, -0.05) is 12.1 Å². The molecule has 0 unspecified atom stereocenters. The molecule has 3 rings (SSSR count). The van der Waals surface area contributed by atoms with Gasteiger partial charge in [0.25, 0.3) is 15.7 Å². The van der Waals surface area contributed by atoms with Gasteiger partial charge in [0.15, 0.2) is 4.90 Å². The van der Waals surface area contributed by atoms with Crippen molar-refractivity contribution in [3.05, 3.63) is 34.4 Å². The van der Waals surface area contributed by atoms with Crippen molar-refractivity contribution in [1.29, 1.82) is 0 Å². The first-order valence-electron chi connectivity index (χ1n) is 8.98. The summed E-state index contributed by atoms with van der Waals surface area (Å²) >= 11 is 0. The molecule has 1 saturated carbocycles. The first-order chi connectivity index (χ1) is 12.8. The lowest BCUT2D eigenvalue weighted by atomic mass is 10.0. The zero-order chi connectivity index (χ0) is 19.6. The Morgan fingerprint density at radius 3 is 2.41 bits per heavy atom. The summed E-state index contributed by atoms with van der Waals surface area (Å²) in [5.41, 5.74) is -0.543. The molecule has 0 aromatic heterocycles. The molecule has 1 aliphatic heterocycles. The number of aliphatic carboxylic acids is 1. The molecular formula is C17H23N3O6S. The molecule has 1 aromatic carbocycles. The van der Waals surface area contributed by atoms with E-state index in [1.807, 2.05) is 0 Å². The Bertz CT molecular complexity index is 816. The van der Waals surface area contributed by atoms with Crippen molar-refractivity contribution in [1.82, 2.24) is 9.21 Å². The molecule has 0 atom stereocenters. The first-order valence-corrected chi connectivity index (χ1v) is 10.4. The first kappa shape index (κ1) is 19.7. The molecule has 0 spiro atoms. The van der Waals surface area contributed by atoms with Crippen LogP contribution in [0.15, 0.2) is 29.2 Å². The minimum Gasteiger partial charge on any atom is -0.480 e. The van der Waals surface area contributed by atoms with Gasteiger partial charge in [0.1, 0.15) is 6.54 Å². The van der Waals surface area contributed by atoms with Gasteiger partial charge in [0, 0.05) is 18.7 Å². The van der Waals surface area contributed by atoms with Crippen LogP contribution in [-0.4, -0.2) is 65.8 Å². The fourth-order valence-corrected chi connectivity index (χ4v) is 5.35. The van der Waals surface area contributed by atoms with Gasteiger partial charge >= 0.3 is 5.97 Å². The number of piperidine rings is 1. The van der Waals surface area contributed by atoms with Crippen LogP contribution in [0.25, 0.3) is 0 Å². The van der Waals surface area contributed by atoms with Gasteiger partial charge in [-0.15, -0.1) is 0 Å². The van der Waals surface area contributed by atoms with Crippen molar-refractivity contribution >= 4 is 21.7 Å². The van der Waals surface area contributed by atoms with Crippen molar-refractivity contribution in [2.24, 2.45) is 5.92 Å². The lowest BCUT2D eigenvalue weighted by Gasteiger charge is -2.37.